The van der Waals surface area contributed by atoms with Crippen LogP contribution in [0.15, 0.2) is 47.3 Å². The summed E-state index contributed by atoms with van der Waals surface area (Å²) in [5.74, 6) is 3.51. The predicted molar refractivity (Wildman–Crippen MR) is 124 cm³/mol. The molecule has 1 aliphatic carbocycles. The predicted octanol–water partition coefficient (Wildman–Crippen LogP) is 5.08. The van der Waals surface area contributed by atoms with E-state index in [0.717, 1.165) is 57.9 Å². The molecule has 0 radical (unpaired) electrons. The second kappa shape index (κ2) is 7.67. The van der Waals surface area contributed by atoms with Crippen molar-refractivity contribution in [2.45, 2.75) is 32.8 Å². The Morgan fingerprint density at radius 2 is 2.00 bits per heavy atom. The summed E-state index contributed by atoms with van der Waals surface area (Å²) in [4.78, 5) is 22.8. The summed E-state index contributed by atoms with van der Waals surface area (Å²) in [6, 6.07) is 13.4. The fourth-order valence-electron chi connectivity index (χ4n) is 4.39. The Kier molecular flexibility index (Phi) is 4.64. The van der Waals surface area contributed by atoms with Crippen LogP contribution in [0.2, 0.25) is 0 Å². The highest BCUT2D eigenvalue weighted by Gasteiger charge is 2.23. The lowest BCUT2D eigenvalue weighted by Gasteiger charge is -2.17. The van der Waals surface area contributed by atoms with Gasteiger partial charge in [0.2, 0.25) is 6.79 Å². The Balaban J connectivity index is 1.22. The van der Waals surface area contributed by atoms with E-state index in [0.29, 0.717) is 18.3 Å². The topological polar surface area (TPSA) is 73.4 Å². The van der Waals surface area contributed by atoms with Gasteiger partial charge < -0.3 is 19.2 Å². The fraction of sp³-hybridized carbons (Fsp3) is 0.280. The molecular formula is C25H22N2O4S. The number of fused-ring (bicyclic) bond motifs is 4. The Hall–Kier alpha value is -3.32. The van der Waals surface area contributed by atoms with Crippen LogP contribution in [0.5, 0.6) is 17.2 Å². The van der Waals surface area contributed by atoms with Gasteiger partial charge in [0.1, 0.15) is 23.0 Å². The smallest absolute Gasteiger partial charge is 0.260 e. The van der Waals surface area contributed by atoms with E-state index in [1.54, 1.807) is 11.3 Å². The largest absolute Gasteiger partial charge is 0.489 e. The maximum Gasteiger partial charge on any atom is 0.260 e. The Labute approximate surface area is 188 Å². The van der Waals surface area contributed by atoms with Crippen LogP contribution in [-0.2, 0) is 19.4 Å². The Bertz CT molecular complexity index is 1370. The number of rotatable bonds is 4. The van der Waals surface area contributed by atoms with Crippen molar-refractivity contribution in [1.29, 1.82) is 0 Å². The van der Waals surface area contributed by atoms with Crippen LogP contribution in [0.3, 0.4) is 0 Å². The van der Waals surface area contributed by atoms with Gasteiger partial charge in [-0.05, 0) is 72.7 Å². The highest BCUT2D eigenvalue weighted by molar-refractivity contribution is 7.18. The molecule has 3 heterocycles. The van der Waals surface area contributed by atoms with Crippen LogP contribution >= 0.6 is 11.3 Å². The number of aromatic amines is 1. The van der Waals surface area contributed by atoms with Gasteiger partial charge in [-0.25, -0.2) is 4.98 Å². The molecule has 0 fully saturated rings. The van der Waals surface area contributed by atoms with E-state index in [9.17, 15) is 4.79 Å². The first-order valence-electron chi connectivity index (χ1n) is 10.8. The zero-order valence-corrected chi connectivity index (χ0v) is 18.5. The van der Waals surface area contributed by atoms with Gasteiger partial charge in [0.05, 0.1) is 5.39 Å². The van der Waals surface area contributed by atoms with Crippen LogP contribution in [-0.4, -0.2) is 16.8 Å². The van der Waals surface area contributed by atoms with Gasteiger partial charge in [-0.3, -0.25) is 4.79 Å². The lowest BCUT2D eigenvalue weighted by molar-refractivity contribution is 0.174. The van der Waals surface area contributed by atoms with Crippen LogP contribution in [0, 0.1) is 5.92 Å². The van der Waals surface area contributed by atoms with E-state index >= 15 is 0 Å². The fourth-order valence-corrected chi connectivity index (χ4v) is 5.78. The molecule has 1 atom stereocenters. The van der Waals surface area contributed by atoms with Crippen molar-refractivity contribution >= 4 is 21.6 Å². The SMILES string of the molecule is CC1CCc2c(sc3nc(-c4ccc(OCc5ccc6c(c5)OCO6)cc4)[nH]c(=O)c23)C1. The monoisotopic (exact) mass is 446 g/mol. The van der Waals surface area contributed by atoms with Crippen LogP contribution in [0.1, 0.15) is 29.3 Å². The van der Waals surface area contributed by atoms with Gasteiger partial charge in [0, 0.05) is 10.4 Å². The summed E-state index contributed by atoms with van der Waals surface area (Å²) in [6.07, 6.45) is 3.14. The number of benzene rings is 2. The van der Waals surface area contributed by atoms with Crippen molar-refractivity contribution in [3.63, 3.8) is 0 Å². The minimum Gasteiger partial charge on any atom is -0.489 e. The summed E-state index contributed by atoms with van der Waals surface area (Å²) in [5, 5.41) is 0.782. The highest BCUT2D eigenvalue weighted by atomic mass is 32.1. The average molecular weight is 447 g/mol. The van der Waals surface area contributed by atoms with Crippen molar-refractivity contribution in [2.24, 2.45) is 5.92 Å². The summed E-state index contributed by atoms with van der Waals surface area (Å²) < 4.78 is 16.7. The molecule has 0 saturated carbocycles. The molecule has 6 nitrogen and oxygen atoms in total. The first-order chi connectivity index (χ1) is 15.6. The number of aromatic nitrogens is 2. The van der Waals surface area contributed by atoms with Gasteiger partial charge in [0.25, 0.3) is 5.56 Å². The van der Waals surface area contributed by atoms with Crippen molar-refractivity contribution in [3.05, 3.63) is 68.8 Å². The third-order valence-corrected chi connectivity index (χ3v) is 7.28. The average Bonchev–Trinajstić information content (AvgIpc) is 3.41. The number of hydrogen-bond donors (Lipinski definition) is 1. The van der Waals surface area contributed by atoms with E-state index in [1.165, 1.54) is 10.4 Å². The number of thiophene rings is 1. The Morgan fingerprint density at radius 3 is 2.88 bits per heavy atom. The number of hydrogen-bond acceptors (Lipinski definition) is 6. The minimum absolute atomic E-state index is 0.0415. The lowest BCUT2D eigenvalue weighted by Crippen LogP contribution is -2.13. The third-order valence-electron chi connectivity index (χ3n) is 6.14. The maximum absolute atomic E-state index is 12.9. The molecule has 4 aromatic rings. The maximum atomic E-state index is 12.9. The van der Waals surface area contributed by atoms with E-state index < -0.39 is 0 Å². The quantitative estimate of drug-likeness (QED) is 0.473. The van der Waals surface area contributed by atoms with E-state index in [-0.39, 0.29) is 12.4 Å². The molecule has 2 aliphatic rings. The van der Waals surface area contributed by atoms with Crippen molar-refractivity contribution in [1.82, 2.24) is 9.97 Å². The molecule has 0 spiro atoms. The van der Waals surface area contributed by atoms with Crippen molar-refractivity contribution in [3.8, 4) is 28.6 Å². The second-order valence-electron chi connectivity index (χ2n) is 8.45. The number of H-pyrrole nitrogens is 1. The highest BCUT2D eigenvalue weighted by Crippen LogP contribution is 2.36. The second-order valence-corrected chi connectivity index (χ2v) is 9.53. The Morgan fingerprint density at radius 1 is 1.16 bits per heavy atom. The summed E-state index contributed by atoms with van der Waals surface area (Å²) in [6.45, 7) is 2.96. The molecule has 0 amide bonds. The van der Waals surface area contributed by atoms with Gasteiger partial charge in [-0.2, -0.15) is 0 Å². The number of ether oxygens (including phenoxy) is 3. The van der Waals surface area contributed by atoms with Crippen LogP contribution in [0.4, 0.5) is 0 Å². The van der Waals surface area contributed by atoms with E-state index in [2.05, 4.69) is 11.9 Å². The number of nitrogens with zero attached hydrogens (tertiary/aromatic N) is 1. The minimum atomic E-state index is -0.0415. The molecule has 0 bridgehead atoms. The first kappa shape index (κ1) is 19.4. The van der Waals surface area contributed by atoms with Gasteiger partial charge in [-0.15, -0.1) is 11.3 Å². The molecule has 2 aromatic heterocycles. The zero-order valence-electron chi connectivity index (χ0n) is 17.6. The van der Waals surface area contributed by atoms with Crippen molar-refractivity contribution < 1.29 is 14.2 Å². The molecule has 32 heavy (non-hydrogen) atoms. The number of nitrogens with one attached hydrogen (secondary N) is 1. The normalized spacial score (nSPS) is 16.8. The molecule has 7 heteroatoms. The lowest BCUT2D eigenvalue weighted by atomic mass is 9.89. The summed E-state index contributed by atoms with van der Waals surface area (Å²) in [7, 11) is 0. The first-order valence-corrected chi connectivity index (χ1v) is 11.6. The molecular weight excluding hydrogens is 424 g/mol. The molecule has 6 rings (SSSR count). The van der Waals surface area contributed by atoms with Gasteiger partial charge >= 0.3 is 0 Å². The van der Waals surface area contributed by atoms with Crippen molar-refractivity contribution in [2.75, 3.05) is 6.79 Å². The molecule has 1 aliphatic heterocycles. The zero-order chi connectivity index (χ0) is 21.7. The van der Waals surface area contributed by atoms with Crippen LogP contribution < -0.4 is 19.8 Å². The molecule has 162 valence electrons. The standard InChI is InChI=1S/C25H22N2O4S/c1-14-2-8-18-21(10-14)32-25-22(18)24(28)26-23(27-25)16-4-6-17(7-5-16)29-12-15-3-9-19-20(11-15)31-13-30-19/h3-7,9,11,14H,2,8,10,12-13H2,1H3,(H,26,27,28). The van der Waals surface area contributed by atoms with E-state index in [1.807, 2.05) is 42.5 Å². The van der Waals surface area contributed by atoms with Gasteiger partial charge in [0.15, 0.2) is 11.5 Å². The number of aryl methyl sites for hydroxylation is 1. The molecule has 1 unspecified atom stereocenters. The third kappa shape index (κ3) is 3.42. The summed E-state index contributed by atoms with van der Waals surface area (Å²) in [5.41, 5.74) is 3.03. The van der Waals surface area contributed by atoms with E-state index in [4.69, 9.17) is 19.2 Å². The molecule has 0 saturated heterocycles. The molecule has 1 N–H and O–H groups in total. The van der Waals surface area contributed by atoms with Gasteiger partial charge in [-0.1, -0.05) is 13.0 Å². The summed E-state index contributed by atoms with van der Waals surface area (Å²) >= 11 is 1.67. The molecule has 2 aromatic carbocycles. The van der Waals surface area contributed by atoms with Crippen LogP contribution in [0.25, 0.3) is 21.6 Å².